The summed E-state index contributed by atoms with van der Waals surface area (Å²) in [5.41, 5.74) is 0. The molecular formula is C18H31N3O4. The number of hydrogen-bond acceptors (Lipinski definition) is 5. The normalized spacial score (nSPS) is 17.8. The second kappa shape index (κ2) is 12.7. The summed E-state index contributed by atoms with van der Waals surface area (Å²) in [6, 6.07) is 3.78. The van der Waals surface area contributed by atoms with Crippen molar-refractivity contribution in [2.24, 2.45) is 10.9 Å². The van der Waals surface area contributed by atoms with E-state index in [-0.39, 0.29) is 0 Å². The zero-order valence-corrected chi connectivity index (χ0v) is 15.2. The van der Waals surface area contributed by atoms with Crippen molar-refractivity contribution >= 4 is 5.96 Å². The third kappa shape index (κ3) is 8.90. The molecule has 0 aromatic carbocycles. The molecule has 142 valence electrons. The van der Waals surface area contributed by atoms with E-state index >= 15 is 0 Å². The third-order valence-electron chi connectivity index (χ3n) is 3.94. The maximum Gasteiger partial charge on any atom is 0.190 e. The molecule has 7 heteroatoms. The molecule has 1 aromatic heterocycles. The van der Waals surface area contributed by atoms with Crippen molar-refractivity contribution in [1.82, 2.24) is 10.6 Å². The van der Waals surface area contributed by atoms with Gasteiger partial charge in [-0.25, -0.2) is 0 Å². The average molecular weight is 353 g/mol. The van der Waals surface area contributed by atoms with Gasteiger partial charge >= 0.3 is 0 Å². The van der Waals surface area contributed by atoms with Gasteiger partial charge in [0.15, 0.2) is 5.96 Å². The van der Waals surface area contributed by atoms with Crippen LogP contribution in [0.5, 0.6) is 0 Å². The summed E-state index contributed by atoms with van der Waals surface area (Å²) in [5.74, 6) is 2.25. The van der Waals surface area contributed by atoms with Gasteiger partial charge in [-0.1, -0.05) is 0 Å². The van der Waals surface area contributed by atoms with Crippen molar-refractivity contribution < 1.29 is 18.6 Å². The first-order valence-electron chi connectivity index (χ1n) is 9.08. The minimum atomic E-state index is 0.521. The number of nitrogens with one attached hydrogen (secondary N) is 2. The molecule has 0 spiro atoms. The zero-order chi connectivity index (χ0) is 17.6. The summed E-state index contributed by atoms with van der Waals surface area (Å²) in [6.07, 6.45) is 4.65. The highest BCUT2D eigenvalue weighted by molar-refractivity contribution is 5.79. The fraction of sp³-hybridized carbons (Fsp3) is 0.722. The Balaban J connectivity index is 1.38. The fourth-order valence-electron chi connectivity index (χ4n) is 2.51. The van der Waals surface area contributed by atoms with Crippen molar-refractivity contribution in [2.45, 2.75) is 25.9 Å². The maximum atomic E-state index is 5.68. The second-order valence-electron chi connectivity index (χ2n) is 6.07. The van der Waals surface area contributed by atoms with Crippen molar-refractivity contribution in [3.05, 3.63) is 24.2 Å². The summed E-state index contributed by atoms with van der Waals surface area (Å²) in [6.45, 7) is 6.17. The lowest BCUT2D eigenvalue weighted by Crippen LogP contribution is -2.38. The van der Waals surface area contributed by atoms with E-state index in [1.54, 1.807) is 13.3 Å². The first-order valence-corrected chi connectivity index (χ1v) is 9.08. The maximum absolute atomic E-state index is 5.68. The predicted molar refractivity (Wildman–Crippen MR) is 96.7 cm³/mol. The lowest BCUT2D eigenvalue weighted by molar-refractivity contribution is 0.0888. The molecule has 25 heavy (non-hydrogen) atoms. The molecule has 0 amide bonds. The van der Waals surface area contributed by atoms with Gasteiger partial charge in [0.25, 0.3) is 0 Å². The van der Waals surface area contributed by atoms with Crippen LogP contribution in [0.1, 0.15) is 25.0 Å². The van der Waals surface area contributed by atoms with Crippen molar-refractivity contribution in [2.75, 3.05) is 53.2 Å². The summed E-state index contributed by atoms with van der Waals surface area (Å²) in [7, 11) is 1.78. The zero-order valence-electron chi connectivity index (χ0n) is 15.2. The lowest BCUT2D eigenvalue weighted by atomic mass is 10.1. The van der Waals surface area contributed by atoms with Gasteiger partial charge in [-0.2, -0.15) is 0 Å². The predicted octanol–water partition coefficient (Wildman–Crippen LogP) is 1.79. The largest absolute Gasteiger partial charge is 0.467 e. The molecule has 0 aliphatic carbocycles. The molecule has 7 nitrogen and oxygen atoms in total. The van der Waals surface area contributed by atoms with Gasteiger partial charge in [-0.3, -0.25) is 4.99 Å². The SMILES string of the molecule is CN=C(NCCCOCc1ccco1)NCCCOCC1CCOC1. The first-order chi connectivity index (χ1) is 12.4. The smallest absolute Gasteiger partial charge is 0.190 e. The van der Waals surface area contributed by atoms with Crippen LogP contribution in [0.25, 0.3) is 0 Å². The first kappa shape index (κ1) is 19.8. The molecule has 2 N–H and O–H groups in total. The summed E-state index contributed by atoms with van der Waals surface area (Å²) in [5, 5.41) is 6.57. The highest BCUT2D eigenvalue weighted by Gasteiger charge is 2.15. The van der Waals surface area contributed by atoms with E-state index in [0.717, 1.165) is 70.5 Å². The molecule has 0 bridgehead atoms. The Morgan fingerprint density at radius 1 is 1.24 bits per heavy atom. The van der Waals surface area contributed by atoms with Crippen LogP contribution in [0, 0.1) is 5.92 Å². The molecule has 2 rings (SSSR count). The Morgan fingerprint density at radius 3 is 2.68 bits per heavy atom. The van der Waals surface area contributed by atoms with Crippen LogP contribution < -0.4 is 10.6 Å². The fourth-order valence-corrected chi connectivity index (χ4v) is 2.51. The molecule has 1 unspecified atom stereocenters. The molecule has 1 aromatic rings. The molecule has 1 aliphatic heterocycles. The van der Waals surface area contributed by atoms with E-state index in [9.17, 15) is 0 Å². The van der Waals surface area contributed by atoms with Gasteiger partial charge in [0.1, 0.15) is 12.4 Å². The van der Waals surface area contributed by atoms with E-state index in [0.29, 0.717) is 19.1 Å². The molecular weight excluding hydrogens is 322 g/mol. The number of guanidine groups is 1. The van der Waals surface area contributed by atoms with Crippen molar-refractivity contribution in [3.63, 3.8) is 0 Å². The molecule has 1 aliphatic rings. The van der Waals surface area contributed by atoms with Crippen LogP contribution in [0.3, 0.4) is 0 Å². The van der Waals surface area contributed by atoms with E-state index < -0.39 is 0 Å². The van der Waals surface area contributed by atoms with Crippen LogP contribution in [-0.2, 0) is 20.8 Å². The molecule has 0 radical (unpaired) electrons. The minimum Gasteiger partial charge on any atom is -0.467 e. The third-order valence-corrected chi connectivity index (χ3v) is 3.94. The number of ether oxygens (including phenoxy) is 3. The Hall–Kier alpha value is -1.57. The highest BCUT2D eigenvalue weighted by Crippen LogP contribution is 2.12. The van der Waals surface area contributed by atoms with Gasteiger partial charge in [0.05, 0.1) is 19.5 Å². The van der Waals surface area contributed by atoms with Gasteiger partial charge in [-0.15, -0.1) is 0 Å². The number of hydrogen-bond donors (Lipinski definition) is 2. The molecule has 2 heterocycles. The van der Waals surface area contributed by atoms with Gasteiger partial charge in [-0.05, 0) is 31.4 Å². The summed E-state index contributed by atoms with van der Waals surface area (Å²) < 4.78 is 21.8. The Morgan fingerprint density at radius 2 is 2.04 bits per heavy atom. The topological polar surface area (TPSA) is 77.3 Å². The molecule has 1 atom stereocenters. The highest BCUT2D eigenvalue weighted by atomic mass is 16.5. The van der Waals surface area contributed by atoms with Crippen LogP contribution in [0.2, 0.25) is 0 Å². The molecule has 0 saturated carbocycles. The van der Waals surface area contributed by atoms with Gasteiger partial charge in [0, 0.05) is 45.9 Å². The molecule has 1 saturated heterocycles. The van der Waals surface area contributed by atoms with Gasteiger partial charge < -0.3 is 29.3 Å². The number of furan rings is 1. The number of aliphatic imine (C=N–C) groups is 1. The Kier molecular flexibility index (Phi) is 10.1. The molecule has 1 fully saturated rings. The quantitative estimate of drug-likeness (QED) is 0.339. The number of rotatable bonds is 12. The Bertz CT molecular complexity index is 459. The standard InChI is InChI=1S/C18H31N3O4/c1-19-18(20-7-3-9-22-13-16-6-12-24-14-16)21-8-4-10-23-15-17-5-2-11-25-17/h2,5,11,16H,3-4,6-10,12-15H2,1H3,(H2,19,20,21). The van der Waals surface area contributed by atoms with E-state index in [1.165, 1.54) is 0 Å². The number of nitrogens with zero attached hydrogens (tertiary/aromatic N) is 1. The Labute approximate surface area is 150 Å². The van der Waals surface area contributed by atoms with Crippen LogP contribution >= 0.6 is 0 Å². The van der Waals surface area contributed by atoms with Crippen molar-refractivity contribution in [3.8, 4) is 0 Å². The van der Waals surface area contributed by atoms with E-state index in [4.69, 9.17) is 18.6 Å². The summed E-state index contributed by atoms with van der Waals surface area (Å²) >= 11 is 0. The lowest BCUT2D eigenvalue weighted by Gasteiger charge is -2.12. The summed E-state index contributed by atoms with van der Waals surface area (Å²) in [4.78, 5) is 4.21. The average Bonchev–Trinajstić information content (AvgIpc) is 3.32. The van der Waals surface area contributed by atoms with E-state index in [1.807, 2.05) is 12.1 Å². The van der Waals surface area contributed by atoms with Crippen molar-refractivity contribution in [1.29, 1.82) is 0 Å². The van der Waals surface area contributed by atoms with Crippen LogP contribution in [0.4, 0.5) is 0 Å². The second-order valence-corrected chi connectivity index (χ2v) is 6.07. The van der Waals surface area contributed by atoms with Crippen LogP contribution in [0.15, 0.2) is 27.8 Å². The minimum absolute atomic E-state index is 0.521. The van der Waals surface area contributed by atoms with Crippen LogP contribution in [-0.4, -0.2) is 59.1 Å². The van der Waals surface area contributed by atoms with Gasteiger partial charge in [0.2, 0.25) is 0 Å². The monoisotopic (exact) mass is 353 g/mol. The van der Waals surface area contributed by atoms with E-state index in [2.05, 4.69) is 15.6 Å².